The minimum absolute atomic E-state index is 0.265. The molecular weight excluding hydrogens is 198 g/mol. The van der Waals surface area contributed by atoms with Gasteiger partial charge in [0.05, 0.1) is 0 Å². The first-order valence-corrected chi connectivity index (χ1v) is 6.42. The summed E-state index contributed by atoms with van der Waals surface area (Å²) in [7, 11) is 0. The first-order chi connectivity index (χ1) is 6.70. The minimum atomic E-state index is -0.663. The summed E-state index contributed by atoms with van der Waals surface area (Å²) in [5.41, 5.74) is 0. The smallest absolute Gasteiger partial charge is 0.321 e. The molecule has 4 heteroatoms. The average molecular weight is 217 g/mol. The van der Waals surface area contributed by atoms with Crippen LogP contribution in [0.4, 0.5) is 0 Å². The summed E-state index contributed by atoms with van der Waals surface area (Å²) in [6.07, 6.45) is 2.09. The van der Waals surface area contributed by atoms with Crippen LogP contribution in [-0.2, 0) is 4.79 Å². The van der Waals surface area contributed by atoms with Gasteiger partial charge in [0.15, 0.2) is 0 Å². The van der Waals surface area contributed by atoms with Gasteiger partial charge < -0.3 is 5.11 Å². The number of nitrogens with zero attached hydrogens (tertiary/aromatic N) is 1. The molecule has 1 aliphatic rings. The number of thioether (sulfide) groups is 1. The Morgan fingerprint density at radius 3 is 2.71 bits per heavy atom. The van der Waals surface area contributed by atoms with Crippen LogP contribution in [0.5, 0.6) is 0 Å². The monoisotopic (exact) mass is 217 g/mol. The molecular formula is C10H19NO2S. The number of carbonyl (C=O) groups is 1. The SMILES string of the molecule is CCC(CC)N1CCSCC1C(=O)O. The molecule has 1 heterocycles. The molecule has 1 fully saturated rings. The highest BCUT2D eigenvalue weighted by Gasteiger charge is 2.32. The van der Waals surface area contributed by atoms with Crippen molar-refractivity contribution in [1.29, 1.82) is 0 Å². The maximum atomic E-state index is 11.0. The summed E-state index contributed by atoms with van der Waals surface area (Å²) in [6, 6.07) is 0.177. The zero-order valence-corrected chi connectivity index (χ0v) is 9.72. The first kappa shape index (κ1) is 11.9. The number of aliphatic carboxylic acids is 1. The van der Waals surface area contributed by atoms with Gasteiger partial charge in [0.25, 0.3) is 0 Å². The Balaban J connectivity index is 2.65. The standard InChI is InChI=1S/C10H19NO2S/c1-3-8(4-2)11-5-6-14-7-9(11)10(12)13/h8-9H,3-7H2,1-2H3,(H,12,13). The molecule has 0 amide bonds. The van der Waals surface area contributed by atoms with E-state index in [0.717, 1.165) is 30.9 Å². The molecule has 0 aromatic rings. The van der Waals surface area contributed by atoms with Crippen LogP contribution in [0.25, 0.3) is 0 Å². The third-order valence-corrected chi connectivity index (χ3v) is 3.89. The Morgan fingerprint density at radius 2 is 2.21 bits per heavy atom. The highest BCUT2D eigenvalue weighted by molar-refractivity contribution is 7.99. The molecule has 82 valence electrons. The van der Waals surface area contributed by atoms with E-state index in [2.05, 4.69) is 18.7 Å². The third-order valence-electron chi connectivity index (χ3n) is 2.87. The van der Waals surface area contributed by atoms with Crippen molar-refractivity contribution in [2.45, 2.75) is 38.8 Å². The van der Waals surface area contributed by atoms with Gasteiger partial charge in [0, 0.05) is 24.1 Å². The van der Waals surface area contributed by atoms with E-state index in [1.54, 1.807) is 11.8 Å². The van der Waals surface area contributed by atoms with Crippen LogP contribution in [0.1, 0.15) is 26.7 Å². The van der Waals surface area contributed by atoms with Gasteiger partial charge in [-0.3, -0.25) is 9.69 Å². The Hall–Kier alpha value is -0.220. The van der Waals surface area contributed by atoms with Crippen molar-refractivity contribution >= 4 is 17.7 Å². The fraction of sp³-hybridized carbons (Fsp3) is 0.900. The summed E-state index contributed by atoms with van der Waals surface area (Å²) >= 11 is 1.75. The molecule has 1 rings (SSSR count). The predicted molar refractivity (Wildman–Crippen MR) is 59.8 cm³/mol. The second-order valence-corrected chi connectivity index (χ2v) is 4.79. The van der Waals surface area contributed by atoms with E-state index in [4.69, 9.17) is 5.11 Å². The number of hydrogen-bond donors (Lipinski definition) is 1. The normalized spacial score (nSPS) is 24.1. The van der Waals surface area contributed by atoms with Gasteiger partial charge in [-0.2, -0.15) is 11.8 Å². The van der Waals surface area contributed by atoms with E-state index < -0.39 is 5.97 Å². The van der Waals surface area contributed by atoms with Crippen molar-refractivity contribution < 1.29 is 9.90 Å². The second kappa shape index (κ2) is 5.61. The van der Waals surface area contributed by atoms with Gasteiger partial charge in [-0.15, -0.1) is 0 Å². The summed E-state index contributed by atoms with van der Waals surface area (Å²) in [6.45, 7) is 5.19. The van der Waals surface area contributed by atoms with Crippen LogP contribution in [0.2, 0.25) is 0 Å². The Bertz CT molecular complexity index is 195. The molecule has 1 unspecified atom stereocenters. The quantitative estimate of drug-likeness (QED) is 0.778. The van der Waals surface area contributed by atoms with Crippen LogP contribution in [0.15, 0.2) is 0 Å². The molecule has 1 atom stereocenters. The third kappa shape index (κ3) is 2.64. The average Bonchev–Trinajstić information content (AvgIpc) is 2.20. The molecule has 1 aliphatic heterocycles. The summed E-state index contributed by atoms with van der Waals surface area (Å²) in [5, 5.41) is 9.09. The molecule has 0 aromatic heterocycles. The zero-order chi connectivity index (χ0) is 10.6. The largest absolute Gasteiger partial charge is 0.480 e. The van der Waals surface area contributed by atoms with Crippen molar-refractivity contribution in [2.24, 2.45) is 0 Å². The van der Waals surface area contributed by atoms with Crippen molar-refractivity contribution in [3.63, 3.8) is 0 Å². The lowest BCUT2D eigenvalue weighted by atomic mass is 10.1. The zero-order valence-electron chi connectivity index (χ0n) is 8.90. The van der Waals surface area contributed by atoms with Gasteiger partial charge in [-0.1, -0.05) is 13.8 Å². The predicted octanol–water partition coefficient (Wildman–Crippen LogP) is 1.68. The van der Waals surface area contributed by atoms with Gasteiger partial charge in [0.1, 0.15) is 6.04 Å². The maximum Gasteiger partial charge on any atom is 0.321 e. The lowest BCUT2D eigenvalue weighted by molar-refractivity contribution is -0.143. The summed E-state index contributed by atoms with van der Waals surface area (Å²) in [4.78, 5) is 13.2. The Morgan fingerprint density at radius 1 is 1.57 bits per heavy atom. The van der Waals surface area contributed by atoms with Crippen LogP contribution in [0, 0.1) is 0 Å². The van der Waals surface area contributed by atoms with Gasteiger partial charge in [-0.25, -0.2) is 0 Å². The molecule has 1 saturated heterocycles. The van der Waals surface area contributed by atoms with Crippen molar-refractivity contribution in [3.8, 4) is 0 Å². The van der Waals surface area contributed by atoms with Crippen LogP contribution >= 0.6 is 11.8 Å². The Kier molecular flexibility index (Phi) is 4.75. The van der Waals surface area contributed by atoms with E-state index >= 15 is 0 Å². The number of carboxylic acid groups (broad SMARTS) is 1. The van der Waals surface area contributed by atoms with Gasteiger partial charge >= 0.3 is 5.97 Å². The molecule has 0 aromatic carbocycles. The molecule has 14 heavy (non-hydrogen) atoms. The van der Waals surface area contributed by atoms with E-state index in [1.807, 2.05) is 0 Å². The van der Waals surface area contributed by atoms with Gasteiger partial charge in [0.2, 0.25) is 0 Å². The number of rotatable bonds is 4. The van der Waals surface area contributed by atoms with Crippen LogP contribution in [-0.4, -0.2) is 46.1 Å². The fourth-order valence-corrected chi connectivity index (χ4v) is 3.09. The van der Waals surface area contributed by atoms with Crippen LogP contribution in [0.3, 0.4) is 0 Å². The first-order valence-electron chi connectivity index (χ1n) is 5.27. The van der Waals surface area contributed by atoms with E-state index in [-0.39, 0.29) is 6.04 Å². The minimum Gasteiger partial charge on any atom is -0.480 e. The summed E-state index contributed by atoms with van der Waals surface area (Å²) < 4.78 is 0. The number of hydrogen-bond acceptors (Lipinski definition) is 3. The second-order valence-electron chi connectivity index (χ2n) is 3.64. The molecule has 0 saturated carbocycles. The lowest BCUT2D eigenvalue weighted by Crippen LogP contribution is -2.51. The number of carboxylic acids is 1. The topological polar surface area (TPSA) is 40.5 Å². The molecule has 0 bridgehead atoms. The molecule has 0 radical (unpaired) electrons. The van der Waals surface area contributed by atoms with Crippen molar-refractivity contribution in [3.05, 3.63) is 0 Å². The van der Waals surface area contributed by atoms with Gasteiger partial charge in [-0.05, 0) is 12.8 Å². The van der Waals surface area contributed by atoms with Crippen LogP contribution < -0.4 is 0 Å². The highest BCUT2D eigenvalue weighted by Crippen LogP contribution is 2.21. The maximum absolute atomic E-state index is 11.0. The van der Waals surface area contributed by atoms with E-state index in [0.29, 0.717) is 6.04 Å². The summed E-state index contributed by atoms with van der Waals surface area (Å²) in [5.74, 6) is 1.15. The molecule has 0 aliphatic carbocycles. The highest BCUT2D eigenvalue weighted by atomic mass is 32.2. The van der Waals surface area contributed by atoms with E-state index in [1.165, 1.54) is 0 Å². The van der Waals surface area contributed by atoms with E-state index in [9.17, 15) is 4.79 Å². The molecule has 3 nitrogen and oxygen atoms in total. The lowest BCUT2D eigenvalue weighted by Gasteiger charge is -2.38. The Labute approximate surface area is 89.9 Å². The molecule has 0 spiro atoms. The van der Waals surface area contributed by atoms with Crippen molar-refractivity contribution in [2.75, 3.05) is 18.1 Å². The fourth-order valence-electron chi connectivity index (χ4n) is 2.02. The molecule has 1 N–H and O–H groups in total. The van der Waals surface area contributed by atoms with Crippen molar-refractivity contribution in [1.82, 2.24) is 4.90 Å².